The zero-order valence-electron chi connectivity index (χ0n) is 13.1. The minimum Gasteiger partial charge on any atom is -0.371 e. The Morgan fingerprint density at radius 1 is 0.556 bits per heavy atom. The molecular formula is C14H33O3Si. The SMILES string of the molecule is CCCCCCCC.CCO[Si](OCC)OCC. The summed E-state index contributed by atoms with van der Waals surface area (Å²) in [5.41, 5.74) is 0. The van der Waals surface area contributed by atoms with Crippen molar-refractivity contribution in [2.45, 2.75) is 73.1 Å². The van der Waals surface area contributed by atoms with Gasteiger partial charge in [0.1, 0.15) is 0 Å². The molecule has 0 rings (SSSR count). The largest absolute Gasteiger partial charge is 0.577 e. The van der Waals surface area contributed by atoms with Crippen LogP contribution < -0.4 is 0 Å². The van der Waals surface area contributed by atoms with Crippen LogP contribution in [0.15, 0.2) is 0 Å². The summed E-state index contributed by atoms with van der Waals surface area (Å²) < 4.78 is 15.5. The van der Waals surface area contributed by atoms with E-state index in [4.69, 9.17) is 13.3 Å². The van der Waals surface area contributed by atoms with Crippen molar-refractivity contribution in [3.05, 3.63) is 0 Å². The van der Waals surface area contributed by atoms with Crippen molar-refractivity contribution >= 4 is 9.53 Å². The van der Waals surface area contributed by atoms with Crippen molar-refractivity contribution in [2.75, 3.05) is 19.8 Å². The van der Waals surface area contributed by atoms with E-state index in [0.717, 1.165) is 0 Å². The van der Waals surface area contributed by atoms with E-state index < -0.39 is 9.53 Å². The Hall–Kier alpha value is 0.0969. The van der Waals surface area contributed by atoms with Crippen LogP contribution in [-0.4, -0.2) is 29.3 Å². The van der Waals surface area contributed by atoms with Gasteiger partial charge in [0, 0.05) is 19.8 Å². The van der Waals surface area contributed by atoms with Crippen molar-refractivity contribution < 1.29 is 13.3 Å². The van der Waals surface area contributed by atoms with Crippen molar-refractivity contribution in [3.63, 3.8) is 0 Å². The second-order valence-corrected chi connectivity index (χ2v) is 5.33. The first-order chi connectivity index (χ1) is 8.76. The molecule has 18 heavy (non-hydrogen) atoms. The maximum absolute atomic E-state index is 5.18. The second-order valence-electron chi connectivity index (χ2n) is 3.96. The van der Waals surface area contributed by atoms with Crippen molar-refractivity contribution in [1.29, 1.82) is 0 Å². The third-order valence-corrected chi connectivity index (χ3v) is 3.82. The fraction of sp³-hybridized carbons (Fsp3) is 1.00. The van der Waals surface area contributed by atoms with Crippen LogP contribution in [0.1, 0.15) is 73.1 Å². The van der Waals surface area contributed by atoms with E-state index in [-0.39, 0.29) is 0 Å². The van der Waals surface area contributed by atoms with Gasteiger partial charge in [-0.15, -0.1) is 0 Å². The highest BCUT2D eigenvalue weighted by atomic mass is 28.3. The van der Waals surface area contributed by atoms with E-state index in [1.165, 1.54) is 38.5 Å². The molecule has 0 spiro atoms. The van der Waals surface area contributed by atoms with Crippen LogP contribution in [0.3, 0.4) is 0 Å². The second kappa shape index (κ2) is 19.4. The van der Waals surface area contributed by atoms with Crippen molar-refractivity contribution in [2.24, 2.45) is 0 Å². The molecule has 1 radical (unpaired) electrons. The maximum Gasteiger partial charge on any atom is 0.577 e. The van der Waals surface area contributed by atoms with E-state index >= 15 is 0 Å². The zero-order valence-corrected chi connectivity index (χ0v) is 14.1. The Balaban J connectivity index is 0. The summed E-state index contributed by atoms with van der Waals surface area (Å²) in [4.78, 5) is 0. The lowest BCUT2D eigenvalue weighted by atomic mass is 10.1. The number of hydrogen-bond donors (Lipinski definition) is 0. The molecule has 0 amide bonds. The normalized spacial score (nSPS) is 10.3. The van der Waals surface area contributed by atoms with Gasteiger partial charge in [0.15, 0.2) is 0 Å². The Labute approximate surface area is 116 Å². The molecule has 0 unspecified atom stereocenters. The predicted molar refractivity (Wildman–Crippen MR) is 79.7 cm³/mol. The zero-order chi connectivity index (χ0) is 14.1. The lowest BCUT2D eigenvalue weighted by molar-refractivity contribution is 0.107. The molecule has 0 saturated carbocycles. The highest BCUT2D eigenvalue weighted by Gasteiger charge is 2.15. The molecule has 0 aliphatic carbocycles. The molecular weight excluding hydrogens is 244 g/mol. The quantitative estimate of drug-likeness (QED) is 0.412. The van der Waals surface area contributed by atoms with Crippen LogP contribution in [0.25, 0.3) is 0 Å². The monoisotopic (exact) mass is 277 g/mol. The molecule has 0 aromatic rings. The summed E-state index contributed by atoms with van der Waals surface area (Å²) in [7, 11) is -1.40. The predicted octanol–water partition coefficient (Wildman–Crippen LogP) is 4.45. The summed E-state index contributed by atoms with van der Waals surface area (Å²) in [6.07, 6.45) is 8.49. The van der Waals surface area contributed by atoms with E-state index in [0.29, 0.717) is 19.8 Å². The Kier molecular flexibility index (Phi) is 22.0. The van der Waals surface area contributed by atoms with Crippen molar-refractivity contribution in [3.8, 4) is 0 Å². The smallest absolute Gasteiger partial charge is 0.371 e. The van der Waals surface area contributed by atoms with Gasteiger partial charge in [-0.3, -0.25) is 0 Å². The lowest BCUT2D eigenvalue weighted by Gasteiger charge is -2.10. The maximum atomic E-state index is 5.18. The molecule has 0 saturated heterocycles. The molecule has 3 nitrogen and oxygen atoms in total. The van der Waals surface area contributed by atoms with E-state index in [1.54, 1.807) is 0 Å². The first-order valence-electron chi connectivity index (χ1n) is 7.51. The molecule has 0 atom stereocenters. The summed E-state index contributed by atoms with van der Waals surface area (Å²) in [6, 6.07) is 0. The average Bonchev–Trinajstić information content (AvgIpc) is 2.37. The van der Waals surface area contributed by atoms with Crippen LogP contribution in [-0.2, 0) is 13.3 Å². The van der Waals surface area contributed by atoms with Gasteiger partial charge in [-0.25, -0.2) is 0 Å². The topological polar surface area (TPSA) is 27.7 Å². The molecule has 4 heteroatoms. The van der Waals surface area contributed by atoms with E-state index in [1.807, 2.05) is 20.8 Å². The summed E-state index contributed by atoms with van der Waals surface area (Å²) in [5.74, 6) is 0. The molecule has 111 valence electrons. The molecule has 0 aliphatic heterocycles. The molecule has 0 heterocycles. The summed E-state index contributed by atoms with van der Waals surface area (Å²) in [5, 5.41) is 0. The molecule has 0 aromatic carbocycles. The molecule has 0 fully saturated rings. The van der Waals surface area contributed by atoms with Gasteiger partial charge in [0.25, 0.3) is 0 Å². The van der Waals surface area contributed by atoms with Gasteiger partial charge < -0.3 is 13.3 Å². The average molecular weight is 278 g/mol. The Morgan fingerprint density at radius 2 is 0.889 bits per heavy atom. The van der Waals surface area contributed by atoms with Gasteiger partial charge in [-0.1, -0.05) is 52.4 Å². The summed E-state index contributed by atoms with van der Waals surface area (Å²) in [6.45, 7) is 12.3. The van der Waals surface area contributed by atoms with Gasteiger partial charge in [-0.05, 0) is 20.8 Å². The van der Waals surface area contributed by atoms with Crippen LogP contribution in [0.5, 0.6) is 0 Å². The van der Waals surface area contributed by atoms with Gasteiger partial charge >= 0.3 is 9.53 Å². The van der Waals surface area contributed by atoms with Gasteiger partial charge in [0.2, 0.25) is 0 Å². The standard InChI is InChI=1S/C8H18.C6H15O3Si/c1-3-5-7-8-6-4-2;1-4-7-10(8-5-2)9-6-3/h3-8H2,1-2H3;4-6H2,1-3H3. The third-order valence-electron chi connectivity index (χ3n) is 2.24. The van der Waals surface area contributed by atoms with Gasteiger partial charge in [0.05, 0.1) is 0 Å². The fourth-order valence-corrected chi connectivity index (χ4v) is 2.29. The molecule has 0 aliphatic rings. The Bertz CT molecular complexity index is 114. The van der Waals surface area contributed by atoms with Crippen molar-refractivity contribution in [1.82, 2.24) is 0 Å². The van der Waals surface area contributed by atoms with Crippen LogP contribution >= 0.6 is 0 Å². The van der Waals surface area contributed by atoms with E-state index in [9.17, 15) is 0 Å². The molecule has 0 N–H and O–H groups in total. The highest BCUT2D eigenvalue weighted by Crippen LogP contribution is 2.03. The molecule has 0 bridgehead atoms. The minimum absolute atomic E-state index is 0.661. The fourth-order valence-electron chi connectivity index (χ4n) is 1.33. The van der Waals surface area contributed by atoms with Crippen LogP contribution in [0.4, 0.5) is 0 Å². The first-order valence-corrected chi connectivity index (χ1v) is 8.74. The number of unbranched alkanes of at least 4 members (excludes halogenated alkanes) is 5. The highest BCUT2D eigenvalue weighted by molar-refractivity contribution is 6.36. The first kappa shape index (κ1) is 20.4. The van der Waals surface area contributed by atoms with Gasteiger partial charge in [-0.2, -0.15) is 0 Å². The van der Waals surface area contributed by atoms with E-state index in [2.05, 4.69) is 13.8 Å². The third kappa shape index (κ3) is 18.5. The van der Waals surface area contributed by atoms with Crippen LogP contribution in [0.2, 0.25) is 0 Å². The molecule has 0 aromatic heterocycles. The lowest BCUT2D eigenvalue weighted by Crippen LogP contribution is -2.27. The number of rotatable bonds is 11. The van der Waals surface area contributed by atoms with Crippen LogP contribution in [0, 0.1) is 0 Å². The number of hydrogen-bond acceptors (Lipinski definition) is 3. The Morgan fingerprint density at radius 3 is 1.11 bits per heavy atom. The minimum atomic E-state index is -1.40. The summed E-state index contributed by atoms with van der Waals surface area (Å²) >= 11 is 0.